The SMILES string of the molecule is CCOc1ccc(S(=O)(=O)N(CCCN)c2cc(OC)c(Cl)cc2OC)cc1.Cl. The van der Waals surface area contributed by atoms with Gasteiger partial charge in [-0.2, -0.15) is 0 Å². The van der Waals surface area contributed by atoms with E-state index in [0.29, 0.717) is 47.5 Å². The van der Waals surface area contributed by atoms with Crippen molar-refractivity contribution in [1.29, 1.82) is 0 Å². The highest BCUT2D eigenvalue weighted by Crippen LogP contribution is 2.40. The molecular weight excluding hydrogens is 439 g/mol. The molecule has 0 bridgehead atoms. The predicted octanol–water partition coefficient (Wildman–Crippen LogP) is 3.72. The molecule has 0 aliphatic heterocycles. The van der Waals surface area contributed by atoms with Crippen LogP contribution in [0.3, 0.4) is 0 Å². The summed E-state index contributed by atoms with van der Waals surface area (Å²) < 4.78 is 44.0. The summed E-state index contributed by atoms with van der Waals surface area (Å²) in [7, 11) is -0.973. The molecular formula is C19H26Cl2N2O5S. The van der Waals surface area contributed by atoms with Crippen LogP contribution in [0, 0.1) is 0 Å². The highest BCUT2D eigenvalue weighted by Gasteiger charge is 2.28. The number of benzene rings is 2. The summed E-state index contributed by atoms with van der Waals surface area (Å²) in [6.07, 6.45) is 0.463. The number of rotatable bonds is 10. The molecule has 0 aliphatic rings. The number of hydrogen-bond donors (Lipinski definition) is 1. The molecule has 0 saturated carbocycles. The zero-order valence-electron chi connectivity index (χ0n) is 16.6. The maximum Gasteiger partial charge on any atom is 0.264 e. The summed E-state index contributed by atoms with van der Waals surface area (Å²) >= 11 is 6.16. The maximum absolute atomic E-state index is 13.4. The highest BCUT2D eigenvalue weighted by molar-refractivity contribution is 7.92. The molecule has 29 heavy (non-hydrogen) atoms. The first-order chi connectivity index (χ1) is 13.4. The lowest BCUT2D eigenvalue weighted by molar-refractivity contribution is 0.340. The molecule has 2 N–H and O–H groups in total. The van der Waals surface area contributed by atoms with Gasteiger partial charge >= 0.3 is 0 Å². The van der Waals surface area contributed by atoms with E-state index in [9.17, 15) is 8.42 Å². The van der Waals surface area contributed by atoms with Gasteiger partial charge in [0.1, 0.15) is 17.2 Å². The van der Waals surface area contributed by atoms with Crippen LogP contribution in [-0.2, 0) is 10.0 Å². The Labute approximate surface area is 183 Å². The van der Waals surface area contributed by atoms with Crippen LogP contribution in [-0.4, -0.2) is 42.3 Å². The van der Waals surface area contributed by atoms with Gasteiger partial charge in [0.15, 0.2) is 0 Å². The summed E-state index contributed by atoms with van der Waals surface area (Å²) in [6, 6.07) is 9.34. The molecule has 2 aromatic carbocycles. The quantitative estimate of drug-likeness (QED) is 0.575. The molecule has 0 amide bonds. The van der Waals surface area contributed by atoms with Crippen LogP contribution < -0.4 is 24.2 Å². The van der Waals surface area contributed by atoms with Crippen molar-refractivity contribution in [2.45, 2.75) is 18.2 Å². The van der Waals surface area contributed by atoms with Crippen LogP contribution in [0.4, 0.5) is 5.69 Å². The molecule has 162 valence electrons. The minimum Gasteiger partial charge on any atom is -0.495 e. The van der Waals surface area contributed by atoms with E-state index >= 15 is 0 Å². The first kappa shape index (κ1) is 25.2. The van der Waals surface area contributed by atoms with Gasteiger partial charge in [-0.15, -0.1) is 12.4 Å². The third-order valence-corrected chi connectivity index (χ3v) is 6.13. The zero-order valence-corrected chi connectivity index (χ0v) is 18.9. The second kappa shape index (κ2) is 11.3. The van der Waals surface area contributed by atoms with Crippen LogP contribution in [0.15, 0.2) is 41.3 Å². The van der Waals surface area contributed by atoms with Crippen LogP contribution in [0.2, 0.25) is 5.02 Å². The summed E-state index contributed by atoms with van der Waals surface area (Å²) in [5, 5.41) is 0.320. The Balaban J connectivity index is 0.00000420. The number of halogens is 2. The van der Waals surface area contributed by atoms with Crippen LogP contribution >= 0.6 is 24.0 Å². The number of hydrogen-bond acceptors (Lipinski definition) is 6. The van der Waals surface area contributed by atoms with Crippen LogP contribution in [0.1, 0.15) is 13.3 Å². The Morgan fingerprint density at radius 3 is 2.21 bits per heavy atom. The van der Waals surface area contributed by atoms with Crippen molar-refractivity contribution in [3.05, 3.63) is 41.4 Å². The summed E-state index contributed by atoms with van der Waals surface area (Å²) in [5.74, 6) is 1.26. The van der Waals surface area contributed by atoms with E-state index in [2.05, 4.69) is 0 Å². The lowest BCUT2D eigenvalue weighted by Crippen LogP contribution is -2.33. The van der Waals surface area contributed by atoms with Gasteiger partial charge in [0.25, 0.3) is 10.0 Å². The molecule has 2 aromatic rings. The molecule has 0 aliphatic carbocycles. The normalized spacial score (nSPS) is 10.8. The van der Waals surface area contributed by atoms with Crippen molar-refractivity contribution in [1.82, 2.24) is 0 Å². The Morgan fingerprint density at radius 2 is 1.69 bits per heavy atom. The van der Waals surface area contributed by atoms with E-state index in [4.69, 9.17) is 31.5 Å². The number of nitrogens with two attached hydrogens (primary N) is 1. The summed E-state index contributed by atoms with van der Waals surface area (Å²) in [6.45, 7) is 2.87. The Morgan fingerprint density at radius 1 is 1.07 bits per heavy atom. The molecule has 7 nitrogen and oxygen atoms in total. The smallest absolute Gasteiger partial charge is 0.264 e. The van der Waals surface area contributed by atoms with Gasteiger partial charge in [-0.3, -0.25) is 4.31 Å². The molecule has 10 heteroatoms. The Hall–Kier alpha value is -1.87. The minimum atomic E-state index is -3.88. The minimum absolute atomic E-state index is 0. The lowest BCUT2D eigenvalue weighted by Gasteiger charge is -2.26. The van der Waals surface area contributed by atoms with Gasteiger partial charge in [0.2, 0.25) is 0 Å². The average Bonchev–Trinajstić information content (AvgIpc) is 2.69. The van der Waals surface area contributed by atoms with Gasteiger partial charge in [0, 0.05) is 18.7 Å². The predicted molar refractivity (Wildman–Crippen MR) is 118 cm³/mol. The second-order valence-corrected chi connectivity index (χ2v) is 8.05. The van der Waals surface area contributed by atoms with Gasteiger partial charge < -0.3 is 19.9 Å². The fraction of sp³-hybridized carbons (Fsp3) is 0.368. The van der Waals surface area contributed by atoms with Gasteiger partial charge in [-0.25, -0.2) is 8.42 Å². The van der Waals surface area contributed by atoms with E-state index in [1.165, 1.54) is 36.7 Å². The Kier molecular flexibility index (Phi) is 9.85. The molecule has 0 atom stereocenters. The van der Waals surface area contributed by atoms with Gasteiger partial charge in [-0.1, -0.05) is 11.6 Å². The summed E-state index contributed by atoms with van der Waals surface area (Å²) in [5.41, 5.74) is 5.95. The van der Waals surface area contributed by atoms with E-state index in [1.54, 1.807) is 18.2 Å². The molecule has 0 unspecified atom stereocenters. The highest BCUT2D eigenvalue weighted by atomic mass is 35.5. The van der Waals surface area contributed by atoms with E-state index in [1.807, 2.05) is 6.92 Å². The van der Waals surface area contributed by atoms with Crippen LogP contribution in [0.25, 0.3) is 0 Å². The van der Waals surface area contributed by atoms with Crippen molar-refractivity contribution in [2.24, 2.45) is 5.73 Å². The van der Waals surface area contributed by atoms with Crippen molar-refractivity contribution in [3.8, 4) is 17.2 Å². The molecule has 0 spiro atoms. The number of sulfonamides is 1. The monoisotopic (exact) mass is 464 g/mol. The first-order valence-electron chi connectivity index (χ1n) is 8.76. The molecule has 0 saturated heterocycles. The first-order valence-corrected chi connectivity index (χ1v) is 10.6. The molecule has 0 aromatic heterocycles. The van der Waals surface area contributed by atoms with Crippen molar-refractivity contribution >= 4 is 39.7 Å². The van der Waals surface area contributed by atoms with Gasteiger partial charge in [-0.05, 0) is 44.2 Å². The molecule has 0 fully saturated rings. The number of anilines is 1. The van der Waals surface area contributed by atoms with Gasteiger partial charge in [0.05, 0.1) is 36.4 Å². The zero-order chi connectivity index (χ0) is 20.7. The molecule has 2 rings (SSSR count). The fourth-order valence-corrected chi connectivity index (χ4v) is 4.38. The van der Waals surface area contributed by atoms with E-state index in [-0.39, 0.29) is 23.8 Å². The standard InChI is InChI=1S/C19H25ClN2O5S.ClH/c1-4-27-14-6-8-15(9-7-14)28(23,24)22(11-5-10-21)17-13-18(25-2)16(20)12-19(17)26-3;/h6-9,12-13H,4-5,10-11,21H2,1-3H3;1H. The van der Waals surface area contributed by atoms with Crippen molar-refractivity contribution in [2.75, 3.05) is 38.2 Å². The molecule has 0 heterocycles. The Bertz CT molecular complexity index is 892. The third-order valence-electron chi connectivity index (χ3n) is 4.01. The number of ether oxygens (including phenoxy) is 3. The second-order valence-electron chi connectivity index (χ2n) is 5.78. The van der Waals surface area contributed by atoms with Crippen molar-refractivity contribution < 1.29 is 22.6 Å². The topological polar surface area (TPSA) is 91.1 Å². The third kappa shape index (κ3) is 5.82. The van der Waals surface area contributed by atoms with E-state index in [0.717, 1.165) is 0 Å². The largest absolute Gasteiger partial charge is 0.495 e. The number of nitrogens with zero attached hydrogens (tertiary/aromatic N) is 1. The van der Waals surface area contributed by atoms with Crippen molar-refractivity contribution in [3.63, 3.8) is 0 Å². The average molecular weight is 465 g/mol. The lowest BCUT2D eigenvalue weighted by atomic mass is 10.2. The number of methoxy groups -OCH3 is 2. The molecule has 0 radical (unpaired) electrons. The fourth-order valence-electron chi connectivity index (χ4n) is 2.65. The van der Waals surface area contributed by atoms with Crippen LogP contribution in [0.5, 0.6) is 17.2 Å². The van der Waals surface area contributed by atoms with E-state index < -0.39 is 10.0 Å². The maximum atomic E-state index is 13.4. The summed E-state index contributed by atoms with van der Waals surface area (Å²) in [4.78, 5) is 0.129.